The van der Waals surface area contributed by atoms with Crippen LogP contribution in [0, 0.1) is 0 Å². The number of pyridine rings is 1. The number of hydrogen-bond donors (Lipinski definition) is 0. The maximum atomic E-state index is 15.1. The summed E-state index contributed by atoms with van der Waals surface area (Å²) < 4.78 is 21.7. The maximum absolute atomic E-state index is 15.1. The van der Waals surface area contributed by atoms with Crippen LogP contribution in [0.1, 0.15) is 22.3 Å². The Morgan fingerprint density at radius 1 is 0.383 bits per heavy atom. The van der Waals surface area contributed by atoms with Gasteiger partial charge in [0, 0.05) is 43.4 Å². The van der Waals surface area contributed by atoms with Crippen molar-refractivity contribution in [3.05, 3.63) is 241 Å². The Labute approximate surface area is 348 Å². The predicted molar refractivity (Wildman–Crippen MR) is 247 cm³/mol. The number of aromatic nitrogens is 1. The second kappa shape index (κ2) is 13.4. The number of rotatable bonds is 5. The van der Waals surface area contributed by atoms with Crippen LogP contribution in [0.4, 0.5) is 0 Å². The molecule has 0 saturated heterocycles. The van der Waals surface area contributed by atoms with Crippen LogP contribution in [0.5, 0.6) is 11.5 Å². The molecule has 10 aromatic rings. The van der Waals surface area contributed by atoms with E-state index in [4.69, 9.17) is 9.72 Å². The maximum Gasteiger partial charge on any atom is 0.171 e. The molecule has 0 N–H and O–H groups in total. The van der Waals surface area contributed by atoms with Gasteiger partial charge in [-0.2, -0.15) is 0 Å². The highest BCUT2D eigenvalue weighted by Gasteiger charge is 2.51. The van der Waals surface area contributed by atoms with Gasteiger partial charge in [-0.15, -0.1) is 0 Å². The molecule has 1 aliphatic heterocycles. The number of hydrogen-bond acceptors (Lipinski definition) is 3. The standard InChI is InChI=1S/C56H36NO2P/c58-60(40-18-3-1-4-19-40,41-20-5-2-6-21-41)42-32-30-37(31-33-42)38-16-15-17-39(34-38)55-47-35-46-43-22-7-9-24-48(43)56(51(46)36-45(47)44-23-8-12-27-52(44)57-55)49-25-10-13-28-53(49)59-54-29-14-11-26-50(54)56/h1-36H. The van der Waals surface area contributed by atoms with E-state index in [0.29, 0.717) is 0 Å². The third kappa shape index (κ3) is 4.97. The van der Waals surface area contributed by atoms with Crippen LogP contribution >= 0.6 is 7.14 Å². The van der Waals surface area contributed by atoms with Crippen LogP contribution in [0.25, 0.3) is 55.2 Å². The number of ether oxygens (including phenoxy) is 1. The Morgan fingerprint density at radius 3 is 1.65 bits per heavy atom. The molecule has 12 rings (SSSR count). The van der Waals surface area contributed by atoms with Crippen molar-refractivity contribution < 1.29 is 9.30 Å². The lowest BCUT2D eigenvalue weighted by molar-refractivity contribution is 0.436. The first kappa shape index (κ1) is 34.7. The summed E-state index contributed by atoms with van der Waals surface area (Å²) in [6.45, 7) is 0. The van der Waals surface area contributed by atoms with Gasteiger partial charge in [0.2, 0.25) is 0 Å². The number of nitrogens with zero attached hydrogens (tertiary/aromatic N) is 1. The molecular formula is C56H36NO2P. The summed E-state index contributed by atoms with van der Waals surface area (Å²) in [5.74, 6) is 1.76. The highest BCUT2D eigenvalue weighted by atomic mass is 31.2. The van der Waals surface area contributed by atoms with Crippen LogP contribution in [-0.4, -0.2) is 4.98 Å². The van der Waals surface area contributed by atoms with E-state index in [-0.39, 0.29) is 0 Å². The molecule has 1 aromatic heterocycles. The Hall–Kier alpha value is -7.32. The lowest BCUT2D eigenvalue weighted by Gasteiger charge is -2.39. The van der Waals surface area contributed by atoms with Crippen molar-refractivity contribution in [1.29, 1.82) is 0 Å². The summed E-state index contributed by atoms with van der Waals surface area (Å²) in [5.41, 5.74) is 11.7. The molecule has 0 saturated carbocycles. The smallest absolute Gasteiger partial charge is 0.171 e. The third-order valence-electron chi connectivity index (χ3n) is 12.6. The molecular weight excluding hydrogens is 750 g/mol. The van der Waals surface area contributed by atoms with E-state index in [2.05, 4.69) is 146 Å². The summed E-state index contributed by atoms with van der Waals surface area (Å²) in [6.07, 6.45) is 0. The van der Waals surface area contributed by atoms with Gasteiger partial charge >= 0.3 is 0 Å². The minimum atomic E-state index is -3.09. The number of para-hydroxylation sites is 3. The molecule has 4 heteroatoms. The zero-order chi connectivity index (χ0) is 39.8. The van der Waals surface area contributed by atoms with E-state index in [1.54, 1.807) is 0 Å². The SMILES string of the molecule is O=P(c1ccccc1)(c1ccccc1)c1ccc(-c2cccc(-c3nc4ccccc4c4cc5c(cc34)-c3ccccc3C53c4ccccc4Oc4ccccc43)c2)cc1. The molecule has 1 spiro atoms. The molecule has 60 heavy (non-hydrogen) atoms. The minimum absolute atomic E-state index is 0.562. The fraction of sp³-hybridized carbons (Fsp3) is 0.0179. The second-order valence-electron chi connectivity index (χ2n) is 15.7. The summed E-state index contributed by atoms with van der Waals surface area (Å²) in [4.78, 5) is 5.42. The van der Waals surface area contributed by atoms with Gasteiger partial charge in [0.15, 0.2) is 7.14 Å². The van der Waals surface area contributed by atoms with Crippen molar-refractivity contribution in [3.8, 4) is 45.0 Å². The summed E-state index contributed by atoms with van der Waals surface area (Å²) in [5, 5.41) is 5.84. The topological polar surface area (TPSA) is 39.2 Å². The van der Waals surface area contributed by atoms with E-state index in [1.807, 2.05) is 72.8 Å². The number of benzene rings is 9. The molecule has 0 atom stereocenters. The molecule has 0 unspecified atom stereocenters. The van der Waals surface area contributed by atoms with Crippen LogP contribution in [0.15, 0.2) is 218 Å². The number of fused-ring (bicyclic) bond motifs is 12. The van der Waals surface area contributed by atoms with Gasteiger partial charge in [-0.3, -0.25) is 0 Å². The van der Waals surface area contributed by atoms with Crippen LogP contribution in [0.3, 0.4) is 0 Å². The van der Waals surface area contributed by atoms with Crippen LogP contribution in [-0.2, 0) is 9.98 Å². The fourth-order valence-electron chi connectivity index (χ4n) is 9.95. The summed E-state index contributed by atoms with van der Waals surface area (Å²) >= 11 is 0. The molecule has 2 aliphatic rings. The van der Waals surface area contributed by atoms with Crippen molar-refractivity contribution >= 4 is 44.7 Å². The van der Waals surface area contributed by atoms with Gasteiger partial charge in [0.1, 0.15) is 11.5 Å². The highest BCUT2D eigenvalue weighted by molar-refractivity contribution is 7.85. The lowest BCUT2D eigenvalue weighted by atomic mass is 9.66. The zero-order valence-electron chi connectivity index (χ0n) is 32.5. The lowest BCUT2D eigenvalue weighted by Crippen LogP contribution is -2.32. The van der Waals surface area contributed by atoms with E-state index in [9.17, 15) is 0 Å². The van der Waals surface area contributed by atoms with Gasteiger partial charge in [-0.05, 0) is 75.2 Å². The summed E-state index contributed by atoms with van der Waals surface area (Å²) in [6, 6.07) is 75.9. The van der Waals surface area contributed by atoms with Gasteiger partial charge in [-0.25, -0.2) is 4.98 Å². The van der Waals surface area contributed by atoms with E-state index >= 15 is 4.57 Å². The van der Waals surface area contributed by atoms with Gasteiger partial charge in [0.05, 0.1) is 16.6 Å². The second-order valence-corrected chi connectivity index (χ2v) is 18.5. The molecule has 0 fully saturated rings. The van der Waals surface area contributed by atoms with Crippen molar-refractivity contribution in [2.24, 2.45) is 0 Å². The Balaban J connectivity index is 1.05. The fourth-order valence-corrected chi connectivity index (χ4v) is 12.6. The first-order valence-electron chi connectivity index (χ1n) is 20.4. The molecule has 0 radical (unpaired) electrons. The van der Waals surface area contributed by atoms with E-state index in [0.717, 1.165) is 82.6 Å². The Morgan fingerprint density at radius 2 is 0.950 bits per heavy atom. The first-order valence-corrected chi connectivity index (χ1v) is 22.1. The van der Waals surface area contributed by atoms with E-state index < -0.39 is 12.6 Å². The minimum Gasteiger partial charge on any atom is -0.457 e. The first-order chi connectivity index (χ1) is 29.6. The predicted octanol–water partition coefficient (Wildman–Crippen LogP) is 12.8. The Kier molecular flexibility index (Phi) is 7.73. The third-order valence-corrected chi connectivity index (χ3v) is 15.7. The van der Waals surface area contributed by atoms with Crippen molar-refractivity contribution in [2.75, 3.05) is 0 Å². The molecule has 3 nitrogen and oxygen atoms in total. The van der Waals surface area contributed by atoms with Gasteiger partial charge in [0.25, 0.3) is 0 Å². The average molecular weight is 786 g/mol. The van der Waals surface area contributed by atoms with Crippen LogP contribution in [0.2, 0.25) is 0 Å². The molecule has 0 amide bonds. The average Bonchev–Trinajstić information content (AvgIpc) is 3.60. The normalized spacial score (nSPS) is 13.3. The largest absolute Gasteiger partial charge is 0.457 e. The molecule has 9 aromatic carbocycles. The van der Waals surface area contributed by atoms with Gasteiger partial charge < -0.3 is 9.30 Å². The summed E-state index contributed by atoms with van der Waals surface area (Å²) in [7, 11) is -3.09. The molecule has 282 valence electrons. The van der Waals surface area contributed by atoms with Crippen molar-refractivity contribution in [1.82, 2.24) is 4.98 Å². The quantitative estimate of drug-likeness (QED) is 0.129. The van der Waals surface area contributed by atoms with E-state index in [1.165, 1.54) is 22.3 Å². The zero-order valence-corrected chi connectivity index (χ0v) is 33.4. The van der Waals surface area contributed by atoms with Crippen molar-refractivity contribution in [2.45, 2.75) is 5.41 Å². The molecule has 2 heterocycles. The van der Waals surface area contributed by atoms with Gasteiger partial charge in [-0.1, -0.05) is 182 Å². The highest BCUT2D eigenvalue weighted by Crippen LogP contribution is 2.62. The van der Waals surface area contributed by atoms with Crippen LogP contribution < -0.4 is 20.7 Å². The molecule has 0 bridgehead atoms. The van der Waals surface area contributed by atoms with Crippen molar-refractivity contribution in [3.63, 3.8) is 0 Å². The monoisotopic (exact) mass is 785 g/mol. The molecule has 1 aliphatic carbocycles. The Bertz CT molecular complexity index is 3290.